The predicted molar refractivity (Wildman–Crippen MR) is 109 cm³/mol. The molecule has 12 nitrogen and oxygen atoms in total. The minimum absolute atomic E-state index is 0.00237. The highest BCUT2D eigenvalue weighted by Gasteiger charge is 2.25. The fraction of sp³-hybridized carbons (Fsp3) is 0.158. The number of carbonyl (C=O) groups is 1. The lowest BCUT2D eigenvalue weighted by atomic mass is 10.1. The maximum absolute atomic E-state index is 12.9. The standard InChI is InChI=1S/C19H18N8O4/c1-3-29-13-8-6-12(7-9-13)16-15(22-26-27(16)18-17(20)24-31-25-18)19(28)23-21-11(2)14-5-4-10-30-14/h4-10H,3H2,1-2H3,(H2,20,24)(H,23,28). The molecule has 0 radical (unpaired) electrons. The number of hydrogen-bond donors (Lipinski definition) is 2. The molecule has 3 N–H and O–H groups in total. The van der Waals surface area contributed by atoms with Gasteiger partial charge in [-0.15, -0.1) is 5.10 Å². The van der Waals surface area contributed by atoms with E-state index in [1.807, 2.05) is 6.92 Å². The summed E-state index contributed by atoms with van der Waals surface area (Å²) in [7, 11) is 0. The Bertz CT molecular complexity index is 1210. The average molecular weight is 422 g/mol. The van der Waals surface area contributed by atoms with Crippen LogP contribution in [0, 0.1) is 0 Å². The van der Waals surface area contributed by atoms with Gasteiger partial charge in [-0.2, -0.15) is 9.78 Å². The molecule has 1 amide bonds. The van der Waals surface area contributed by atoms with Crippen LogP contribution in [0.25, 0.3) is 17.1 Å². The van der Waals surface area contributed by atoms with Crippen molar-refractivity contribution in [2.45, 2.75) is 13.8 Å². The van der Waals surface area contributed by atoms with Crippen molar-refractivity contribution in [1.29, 1.82) is 0 Å². The molecule has 4 rings (SSSR count). The number of benzene rings is 1. The van der Waals surface area contributed by atoms with Crippen LogP contribution in [0.3, 0.4) is 0 Å². The highest BCUT2D eigenvalue weighted by Crippen LogP contribution is 2.28. The van der Waals surface area contributed by atoms with Gasteiger partial charge in [-0.05, 0) is 60.6 Å². The third kappa shape index (κ3) is 3.99. The number of aromatic nitrogens is 5. The van der Waals surface area contributed by atoms with Crippen molar-refractivity contribution in [3.05, 3.63) is 54.1 Å². The van der Waals surface area contributed by atoms with Crippen LogP contribution >= 0.6 is 0 Å². The van der Waals surface area contributed by atoms with Crippen LogP contribution in [0.5, 0.6) is 5.75 Å². The van der Waals surface area contributed by atoms with Crippen molar-refractivity contribution in [3.8, 4) is 22.8 Å². The Labute approximate surface area is 175 Å². The summed E-state index contributed by atoms with van der Waals surface area (Å²) in [5.74, 6) is 0.715. The Morgan fingerprint density at radius 2 is 2.06 bits per heavy atom. The number of amides is 1. The molecule has 158 valence electrons. The Morgan fingerprint density at radius 3 is 2.71 bits per heavy atom. The molecule has 31 heavy (non-hydrogen) atoms. The van der Waals surface area contributed by atoms with Gasteiger partial charge in [0, 0.05) is 5.56 Å². The summed E-state index contributed by atoms with van der Waals surface area (Å²) < 4.78 is 16.7. The average Bonchev–Trinajstić information content (AvgIpc) is 3.53. The minimum atomic E-state index is -0.587. The molecule has 0 aliphatic carbocycles. The van der Waals surface area contributed by atoms with Gasteiger partial charge >= 0.3 is 0 Å². The van der Waals surface area contributed by atoms with Crippen LogP contribution in [-0.2, 0) is 0 Å². The molecular formula is C19H18N8O4. The zero-order valence-corrected chi connectivity index (χ0v) is 16.6. The Balaban J connectivity index is 1.72. The van der Waals surface area contributed by atoms with E-state index in [0.29, 0.717) is 35.1 Å². The maximum atomic E-state index is 12.9. The molecule has 0 atom stereocenters. The molecule has 12 heteroatoms. The molecule has 4 aromatic rings. The van der Waals surface area contributed by atoms with Crippen molar-refractivity contribution in [2.24, 2.45) is 5.10 Å². The number of carbonyl (C=O) groups excluding carboxylic acids is 1. The van der Waals surface area contributed by atoms with Gasteiger partial charge in [-0.25, -0.2) is 10.1 Å². The summed E-state index contributed by atoms with van der Waals surface area (Å²) in [4.78, 5) is 12.9. The Hall–Kier alpha value is -4.48. The van der Waals surface area contributed by atoms with E-state index in [-0.39, 0.29) is 17.3 Å². The zero-order chi connectivity index (χ0) is 21.8. The van der Waals surface area contributed by atoms with Gasteiger partial charge in [0.1, 0.15) is 22.9 Å². The van der Waals surface area contributed by atoms with E-state index in [2.05, 4.69) is 35.8 Å². The second-order valence-electron chi connectivity index (χ2n) is 6.24. The summed E-state index contributed by atoms with van der Waals surface area (Å²) in [6.07, 6.45) is 1.52. The molecule has 0 saturated carbocycles. The van der Waals surface area contributed by atoms with Crippen LogP contribution in [0.1, 0.15) is 30.1 Å². The van der Waals surface area contributed by atoms with Gasteiger partial charge in [0.2, 0.25) is 11.6 Å². The van der Waals surface area contributed by atoms with Crippen LogP contribution in [0.4, 0.5) is 5.82 Å². The molecule has 0 bridgehead atoms. The third-order valence-electron chi connectivity index (χ3n) is 4.22. The zero-order valence-electron chi connectivity index (χ0n) is 16.6. The predicted octanol–water partition coefficient (Wildman–Crippen LogP) is 2.05. The normalized spacial score (nSPS) is 11.5. The van der Waals surface area contributed by atoms with E-state index in [1.54, 1.807) is 43.3 Å². The molecule has 0 aliphatic heterocycles. The largest absolute Gasteiger partial charge is 0.494 e. The highest BCUT2D eigenvalue weighted by atomic mass is 16.6. The smallest absolute Gasteiger partial charge is 0.294 e. The van der Waals surface area contributed by atoms with Gasteiger partial charge < -0.3 is 14.9 Å². The topological polar surface area (TPSA) is 159 Å². The first-order valence-corrected chi connectivity index (χ1v) is 9.24. The van der Waals surface area contributed by atoms with Crippen molar-refractivity contribution < 1.29 is 18.6 Å². The lowest BCUT2D eigenvalue weighted by Crippen LogP contribution is -2.20. The number of nitrogen functional groups attached to an aromatic ring is 1. The first kappa shape index (κ1) is 19.8. The molecule has 0 fully saturated rings. The Morgan fingerprint density at radius 1 is 1.26 bits per heavy atom. The summed E-state index contributed by atoms with van der Waals surface area (Å²) in [5, 5.41) is 19.4. The summed E-state index contributed by atoms with van der Waals surface area (Å²) in [6, 6.07) is 10.5. The lowest BCUT2D eigenvalue weighted by Gasteiger charge is -2.08. The first-order valence-electron chi connectivity index (χ1n) is 9.24. The number of ether oxygens (including phenoxy) is 1. The third-order valence-corrected chi connectivity index (χ3v) is 4.22. The molecule has 0 spiro atoms. The fourth-order valence-corrected chi connectivity index (χ4v) is 2.78. The van der Waals surface area contributed by atoms with E-state index < -0.39 is 5.91 Å². The van der Waals surface area contributed by atoms with E-state index >= 15 is 0 Å². The molecule has 1 aromatic carbocycles. The SMILES string of the molecule is CCOc1ccc(-c2c(C(=O)NN=C(C)c3ccco3)nnn2-c2nonc2N)cc1. The van der Waals surface area contributed by atoms with Gasteiger partial charge in [0.15, 0.2) is 5.69 Å². The number of nitrogens with two attached hydrogens (primary N) is 1. The van der Waals surface area contributed by atoms with Crippen molar-refractivity contribution in [1.82, 2.24) is 30.7 Å². The first-order chi connectivity index (χ1) is 15.1. The summed E-state index contributed by atoms with van der Waals surface area (Å²) in [6.45, 7) is 4.12. The fourth-order valence-electron chi connectivity index (χ4n) is 2.78. The number of furan rings is 1. The molecule has 3 aromatic heterocycles. The van der Waals surface area contributed by atoms with Crippen LogP contribution in [-0.4, -0.2) is 43.5 Å². The van der Waals surface area contributed by atoms with Gasteiger partial charge in [0.05, 0.1) is 12.9 Å². The highest BCUT2D eigenvalue weighted by molar-refractivity contribution is 6.01. The molecule has 0 unspecified atom stereocenters. The molecule has 0 aliphatic rings. The maximum Gasteiger partial charge on any atom is 0.294 e. The minimum Gasteiger partial charge on any atom is -0.494 e. The van der Waals surface area contributed by atoms with Crippen molar-refractivity contribution in [2.75, 3.05) is 12.3 Å². The molecular weight excluding hydrogens is 404 g/mol. The molecule has 3 heterocycles. The monoisotopic (exact) mass is 422 g/mol. The Kier molecular flexibility index (Phi) is 5.43. The summed E-state index contributed by atoms with van der Waals surface area (Å²) in [5.41, 5.74) is 9.71. The van der Waals surface area contributed by atoms with Crippen LogP contribution < -0.4 is 15.9 Å². The van der Waals surface area contributed by atoms with Gasteiger partial charge in [-0.1, -0.05) is 5.21 Å². The van der Waals surface area contributed by atoms with Gasteiger partial charge in [-0.3, -0.25) is 4.79 Å². The van der Waals surface area contributed by atoms with E-state index in [1.165, 1.54) is 10.9 Å². The van der Waals surface area contributed by atoms with Gasteiger partial charge in [0.25, 0.3) is 5.91 Å². The number of nitrogens with one attached hydrogen (secondary N) is 1. The number of rotatable bonds is 7. The second kappa shape index (κ2) is 8.49. The van der Waals surface area contributed by atoms with E-state index in [0.717, 1.165) is 0 Å². The van der Waals surface area contributed by atoms with Crippen LogP contribution in [0.2, 0.25) is 0 Å². The number of hydrogen-bond acceptors (Lipinski definition) is 10. The number of anilines is 1. The van der Waals surface area contributed by atoms with Crippen LogP contribution in [0.15, 0.2) is 56.8 Å². The molecule has 0 saturated heterocycles. The van der Waals surface area contributed by atoms with E-state index in [9.17, 15) is 4.79 Å². The van der Waals surface area contributed by atoms with Crippen molar-refractivity contribution >= 4 is 17.4 Å². The second-order valence-corrected chi connectivity index (χ2v) is 6.24. The number of nitrogens with zero attached hydrogens (tertiary/aromatic N) is 6. The quantitative estimate of drug-likeness (QED) is 0.335. The lowest BCUT2D eigenvalue weighted by molar-refractivity contribution is 0.0950. The van der Waals surface area contributed by atoms with E-state index in [4.69, 9.17) is 14.9 Å². The van der Waals surface area contributed by atoms with Crippen molar-refractivity contribution in [3.63, 3.8) is 0 Å². The summed E-state index contributed by atoms with van der Waals surface area (Å²) >= 11 is 0. The number of hydrazone groups is 1.